The lowest BCUT2D eigenvalue weighted by atomic mass is 10.2. The lowest BCUT2D eigenvalue weighted by Crippen LogP contribution is -2.27. The number of hydrogen-bond donors (Lipinski definition) is 1. The standard InChI is InChI=1S/C10H17NO2/c1-2-11-8-4-6-9(11)5-3-7-10(12)13/h3,5,9H,2,4,6-8H2,1H3,(H,12,13)/b5-3-. The molecule has 0 saturated carbocycles. The van der Waals surface area contributed by atoms with Gasteiger partial charge in [0, 0.05) is 6.04 Å². The molecule has 1 aliphatic heterocycles. The molecule has 0 radical (unpaired) electrons. The van der Waals surface area contributed by atoms with E-state index in [4.69, 9.17) is 5.11 Å². The molecule has 0 aliphatic carbocycles. The molecule has 1 heterocycles. The fourth-order valence-corrected chi connectivity index (χ4v) is 1.79. The van der Waals surface area contributed by atoms with Crippen LogP contribution in [0.3, 0.4) is 0 Å². The van der Waals surface area contributed by atoms with E-state index < -0.39 is 5.97 Å². The van der Waals surface area contributed by atoms with Gasteiger partial charge in [0.05, 0.1) is 6.42 Å². The van der Waals surface area contributed by atoms with Gasteiger partial charge in [-0.15, -0.1) is 0 Å². The summed E-state index contributed by atoms with van der Waals surface area (Å²) >= 11 is 0. The smallest absolute Gasteiger partial charge is 0.307 e. The number of likely N-dealkylation sites (tertiary alicyclic amines) is 1. The highest BCUT2D eigenvalue weighted by atomic mass is 16.4. The Hall–Kier alpha value is -0.830. The van der Waals surface area contributed by atoms with Crippen LogP contribution in [0.5, 0.6) is 0 Å². The molecule has 3 heteroatoms. The Bertz CT molecular complexity index is 201. The minimum Gasteiger partial charge on any atom is -0.481 e. The number of hydrogen-bond acceptors (Lipinski definition) is 2. The minimum atomic E-state index is -0.753. The number of carboxylic acids is 1. The van der Waals surface area contributed by atoms with Gasteiger partial charge in [-0.25, -0.2) is 0 Å². The molecule has 0 amide bonds. The summed E-state index contributed by atoms with van der Waals surface area (Å²) in [6.07, 6.45) is 6.35. The molecule has 1 fully saturated rings. The summed E-state index contributed by atoms with van der Waals surface area (Å²) < 4.78 is 0. The van der Waals surface area contributed by atoms with Crippen LogP contribution in [-0.2, 0) is 4.79 Å². The Balaban J connectivity index is 2.34. The van der Waals surface area contributed by atoms with Crippen LogP contribution < -0.4 is 0 Å². The van der Waals surface area contributed by atoms with Crippen molar-refractivity contribution in [3.05, 3.63) is 12.2 Å². The molecule has 1 atom stereocenters. The molecule has 1 aliphatic rings. The average Bonchev–Trinajstić information content (AvgIpc) is 2.51. The molecule has 1 unspecified atom stereocenters. The molecule has 0 aromatic rings. The Kier molecular flexibility index (Phi) is 3.96. The second kappa shape index (κ2) is 5.02. The van der Waals surface area contributed by atoms with Crippen LogP contribution in [0, 0.1) is 0 Å². The number of carboxylic acid groups (broad SMARTS) is 1. The van der Waals surface area contributed by atoms with Gasteiger partial charge in [-0.3, -0.25) is 9.69 Å². The summed E-state index contributed by atoms with van der Waals surface area (Å²) in [5.74, 6) is -0.753. The zero-order valence-corrected chi connectivity index (χ0v) is 8.07. The topological polar surface area (TPSA) is 40.5 Å². The molecule has 0 bridgehead atoms. The van der Waals surface area contributed by atoms with Crippen LogP contribution in [0.4, 0.5) is 0 Å². The third-order valence-corrected chi connectivity index (χ3v) is 2.47. The van der Waals surface area contributed by atoms with Gasteiger partial charge in [0.25, 0.3) is 0 Å². The maximum absolute atomic E-state index is 10.3. The molecular formula is C10H17NO2. The average molecular weight is 183 g/mol. The summed E-state index contributed by atoms with van der Waals surface area (Å²) in [6, 6.07) is 0.476. The van der Waals surface area contributed by atoms with Crippen molar-refractivity contribution in [2.75, 3.05) is 13.1 Å². The number of rotatable bonds is 4. The SMILES string of the molecule is CCN1CCCC1/C=C\CC(=O)O. The van der Waals surface area contributed by atoms with E-state index in [0.29, 0.717) is 6.04 Å². The largest absolute Gasteiger partial charge is 0.481 e. The first-order chi connectivity index (χ1) is 6.24. The predicted octanol–water partition coefficient (Wildman–Crippen LogP) is 1.50. The van der Waals surface area contributed by atoms with Gasteiger partial charge >= 0.3 is 5.97 Å². The van der Waals surface area contributed by atoms with Crippen molar-refractivity contribution in [3.63, 3.8) is 0 Å². The normalized spacial score (nSPS) is 24.2. The summed E-state index contributed by atoms with van der Waals surface area (Å²) in [5.41, 5.74) is 0. The van der Waals surface area contributed by atoms with Crippen molar-refractivity contribution in [2.24, 2.45) is 0 Å². The van der Waals surface area contributed by atoms with Crippen LogP contribution in [0.1, 0.15) is 26.2 Å². The first-order valence-electron chi connectivity index (χ1n) is 4.86. The quantitative estimate of drug-likeness (QED) is 0.671. The Labute approximate surface area is 79.0 Å². The van der Waals surface area contributed by atoms with Gasteiger partial charge < -0.3 is 5.11 Å². The van der Waals surface area contributed by atoms with Crippen LogP contribution in [0.15, 0.2) is 12.2 Å². The number of carbonyl (C=O) groups is 1. The van der Waals surface area contributed by atoms with Gasteiger partial charge in [-0.2, -0.15) is 0 Å². The van der Waals surface area contributed by atoms with Crippen LogP contribution in [-0.4, -0.2) is 35.1 Å². The molecule has 1 rings (SSSR count). The number of aliphatic carboxylic acids is 1. The first-order valence-corrected chi connectivity index (χ1v) is 4.86. The Morgan fingerprint density at radius 3 is 3.08 bits per heavy atom. The summed E-state index contributed by atoms with van der Waals surface area (Å²) in [7, 11) is 0. The zero-order chi connectivity index (χ0) is 9.68. The third kappa shape index (κ3) is 3.19. The monoisotopic (exact) mass is 183 g/mol. The lowest BCUT2D eigenvalue weighted by molar-refractivity contribution is -0.136. The van der Waals surface area contributed by atoms with Gasteiger partial charge in [0.15, 0.2) is 0 Å². The van der Waals surface area contributed by atoms with Gasteiger partial charge in [0.1, 0.15) is 0 Å². The van der Waals surface area contributed by atoms with E-state index >= 15 is 0 Å². The second-order valence-electron chi connectivity index (χ2n) is 3.36. The number of nitrogens with zero attached hydrogens (tertiary/aromatic N) is 1. The summed E-state index contributed by atoms with van der Waals surface area (Å²) in [4.78, 5) is 12.6. The van der Waals surface area contributed by atoms with Crippen molar-refractivity contribution in [3.8, 4) is 0 Å². The molecule has 13 heavy (non-hydrogen) atoms. The van der Waals surface area contributed by atoms with Crippen LogP contribution in [0.25, 0.3) is 0 Å². The van der Waals surface area contributed by atoms with Crippen LogP contribution in [0.2, 0.25) is 0 Å². The molecule has 1 saturated heterocycles. The Morgan fingerprint density at radius 1 is 1.69 bits per heavy atom. The van der Waals surface area contributed by atoms with Gasteiger partial charge in [0.2, 0.25) is 0 Å². The molecule has 0 aromatic heterocycles. The van der Waals surface area contributed by atoms with E-state index in [1.54, 1.807) is 6.08 Å². The predicted molar refractivity (Wildman–Crippen MR) is 51.7 cm³/mol. The fraction of sp³-hybridized carbons (Fsp3) is 0.700. The summed E-state index contributed by atoms with van der Waals surface area (Å²) in [6.45, 7) is 4.35. The maximum atomic E-state index is 10.3. The van der Waals surface area contributed by atoms with Gasteiger partial charge in [-0.05, 0) is 25.9 Å². The number of likely N-dealkylation sites (N-methyl/N-ethyl adjacent to an activating group) is 1. The Morgan fingerprint density at radius 2 is 2.46 bits per heavy atom. The molecule has 0 spiro atoms. The minimum absolute atomic E-state index is 0.147. The lowest BCUT2D eigenvalue weighted by Gasteiger charge is -2.18. The van der Waals surface area contributed by atoms with E-state index in [9.17, 15) is 4.79 Å². The van der Waals surface area contributed by atoms with Crippen molar-refractivity contribution in [1.29, 1.82) is 0 Å². The van der Waals surface area contributed by atoms with Crippen molar-refractivity contribution >= 4 is 5.97 Å². The van der Waals surface area contributed by atoms with E-state index in [0.717, 1.165) is 13.1 Å². The summed E-state index contributed by atoms with van der Waals surface area (Å²) in [5, 5.41) is 8.45. The third-order valence-electron chi connectivity index (χ3n) is 2.47. The highest BCUT2D eigenvalue weighted by Gasteiger charge is 2.19. The molecule has 74 valence electrons. The second-order valence-corrected chi connectivity index (χ2v) is 3.36. The highest BCUT2D eigenvalue weighted by Crippen LogP contribution is 2.17. The van der Waals surface area contributed by atoms with E-state index in [2.05, 4.69) is 11.8 Å². The zero-order valence-electron chi connectivity index (χ0n) is 8.07. The van der Waals surface area contributed by atoms with E-state index in [1.807, 2.05) is 6.08 Å². The molecule has 1 N–H and O–H groups in total. The van der Waals surface area contributed by atoms with Crippen LogP contribution >= 0.6 is 0 Å². The first kappa shape index (κ1) is 10.3. The molecular weight excluding hydrogens is 166 g/mol. The highest BCUT2D eigenvalue weighted by molar-refractivity contribution is 5.68. The maximum Gasteiger partial charge on any atom is 0.307 e. The van der Waals surface area contributed by atoms with Crippen molar-refractivity contribution < 1.29 is 9.90 Å². The van der Waals surface area contributed by atoms with E-state index in [1.165, 1.54) is 12.8 Å². The molecule has 3 nitrogen and oxygen atoms in total. The van der Waals surface area contributed by atoms with Crippen molar-refractivity contribution in [1.82, 2.24) is 4.90 Å². The van der Waals surface area contributed by atoms with Gasteiger partial charge in [-0.1, -0.05) is 19.1 Å². The molecule has 0 aromatic carbocycles. The fourth-order valence-electron chi connectivity index (χ4n) is 1.79. The van der Waals surface area contributed by atoms with E-state index in [-0.39, 0.29) is 6.42 Å². The van der Waals surface area contributed by atoms with Crippen molar-refractivity contribution in [2.45, 2.75) is 32.2 Å².